The van der Waals surface area contributed by atoms with Crippen LogP contribution in [0.2, 0.25) is 0 Å². The fourth-order valence-electron chi connectivity index (χ4n) is 2.62. The number of rotatable bonds is 9. The van der Waals surface area contributed by atoms with Crippen LogP contribution in [0.25, 0.3) is 11.1 Å². The first-order valence-electron chi connectivity index (χ1n) is 8.61. The summed E-state index contributed by atoms with van der Waals surface area (Å²) in [6.45, 7) is 3.84. The van der Waals surface area contributed by atoms with E-state index in [1.807, 2.05) is 24.3 Å². The first-order valence-corrected chi connectivity index (χ1v) is 8.61. The predicted molar refractivity (Wildman–Crippen MR) is 99.9 cm³/mol. The van der Waals surface area contributed by atoms with Crippen molar-refractivity contribution in [2.75, 3.05) is 6.61 Å². The summed E-state index contributed by atoms with van der Waals surface area (Å²) in [5, 5.41) is 8.85. The maximum Gasteiger partial charge on any atom is 0.330 e. The molecule has 0 aromatic heterocycles. The summed E-state index contributed by atoms with van der Waals surface area (Å²) in [5.74, 6) is -0.345. The monoisotopic (exact) mass is 333 g/mol. The van der Waals surface area contributed by atoms with E-state index < -0.39 is 0 Å². The van der Waals surface area contributed by atoms with Crippen LogP contribution in [-0.2, 0) is 16.0 Å². The van der Waals surface area contributed by atoms with Crippen LogP contribution in [-0.4, -0.2) is 12.6 Å². The zero-order valence-corrected chi connectivity index (χ0v) is 14.4. The van der Waals surface area contributed by atoms with Gasteiger partial charge in [-0.2, -0.15) is 5.26 Å². The minimum absolute atomic E-state index is 0.345. The van der Waals surface area contributed by atoms with E-state index in [4.69, 9.17) is 10.00 Å². The number of nitriles is 1. The molecule has 0 aliphatic heterocycles. The van der Waals surface area contributed by atoms with Crippen molar-refractivity contribution in [1.29, 1.82) is 5.26 Å². The van der Waals surface area contributed by atoms with Crippen molar-refractivity contribution in [2.45, 2.75) is 32.1 Å². The lowest BCUT2D eigenvalue weighted by atomic mass is 10.0. The number of carbonyl (C=O) groups excluding carboxylic acids is 1. The molecule has 0 N–H and O–H groups in total. The van der Waals surface area contributed by atoms with Gasteiger partial charge in [0.25, 0.3) is 0 Å². The van der Waals surface area contributed by atoms with Gasteiger partial charge in [-0.25, -0.2) is 4.79 Å². The van der Waals surface area contributed by atoms with Gasteiger partial charge in [0.1, 0.15) is 0 Å². The van der Waals surface area contributed by atoms with Crippen molar-refractivity contribution in [3.8, 4) is 17.2 Å². The molecule has 25 heavy (non-hydrogen) atoms. The Bertz CT molecular complexity index is 724. The molecule has 0 fully saturated rings. The maximum absolute atomic E-state index is 10.9. The Balaban J connectivity index is 1.70. The average molecular weight is 333 g/mol. The van der Waals surface area contributed by atoms with Crippen LogP contribution in [0.15, 0.2) is 61.2 Å². The normalized spacial score (nSPS) is 10.0. The number of hydrogen-bond acceptors (Lipinski definition) is 3. The summed E-state index contributed by atoms with van der Waals surface area (Å²) >= 11 is 0. The lowest BCUT2D eigenvalue weighted by Crippen LogP contribution is -2.01. The second-order valence-electron chi connectivity index (χ2n) is 5.92. The fourth-order valence-corrected chi connectivity index (χ4v) is 2.62. The van der Waals surface area contributed by atoms with E-state index in [0.29, 0.717) is 12.2 Å². The summed E-state index contributed by atoms with van der Waals surface area (Å²) in [7, 11) is 0. The van der Waals surface area contributed by atoms with Gasteiger partial charge in [-0.1, -0.05) is 55.8 Å². The average Bonchev–Trinajstić information content (AvgIpc) is 2.67. The molecule has 2 aromatic carbocycles. The molecular weight excluding hydrogens is 310 g/mol. The number of ether oxygens (including phenoxy) is 1. The first-order chi connectivity index (χ1) is 12.2. The van der Waals surface area contributed by atoms with E-state index in [1.54, 1.807) is 0 Å². The van der Waals surface area contributed by atoms with Crippen LogP contribution in [0.3, 0.4) is 0 Å². The van der Waals surface area contributed by atoms with Crippen molar-refractivity contribution >= 4 is 5.97 Å². The minimum Gasteiger partial charge on any atom is -0.463 e. The van der Waals surface area contributed by atoms with Crippen molar-refractivity contribution in [1.82, 2.24) is 0 Å². The first kappa shape index (κ1) is 18.5. The lowest BCUT2D eigenvalue weighted by molar-refractivity contribution is -0.137. The number of unbranched alkanes of at least 4 members (excludes halogenated alkanes) is 3. The van der Waals surface area contributed by atoms with E-state index in [0.717, 1.165) is 43.2 Å². The molecule has 0 aliphatic rings. The Kier molecular flexibility index (Phi) is 7.46. The molecule has 0 saturated heterocycles. The SMILES string of the molecule is C=CC(=O)OCCCCCCc1ccc(-c2ccc(C#N)cc2)cc1. The number of aryl methyl sites for hydroxylation is 1. The topological polar surface area (TPSA) is 50.1 Å². The van der Waals surface area contributed by atoms with Crippen molar-refractivity contribution in [3.05, 3.63) is 72.3 Å². The Labute approximate surface area is 149 Å². The van der Waals surface area contributed by atoms with Crippen LogP contribution in [0.1, 0.15) is 36.8 Å². The van der Waals surface area contributed by atoms with Gasteiger partial charge in [-0.15, -0.1) is 0 Å². The van der Waals surface area contributed by atoms with Crippen LogP contribution < -0.4 is 0 Å². The van der Waals surface area contributed by atoms with E-state index >= 15 is 0 Å². The highest BCUT2D eigenvalue weighted by atomic mass is 16.5. The van der Waals surface area contributed by atoms with Crippen LogP contribution in [0, 0.1) is 11.3 Å². The number of hydrogen-bond donors (Lipinski definition) is 0. The molecule has 0 aliphatic carbocycles. The second-order valence-corrected chi connectivity index (χ2v) is 5.92. The lowest BCUT2D eigenvalue weighted by Gasteiger charge is -2.05. The van der Waals surface area contributed by atoms with Gasteiger partial charge in [0, 0.05) is 6.08 Å². The highest BCUT2D eigenvalue weighted by molar-refractivity contribution is 5.81. The quantitative estimate of drug-likeness (QED) is 0.366. The molecule has 2 aromatic rings. The molecule has 0 bridgehead atoms. The number of carbonyl (C=O) groups is 1. The van der Waals surface area contributed by atoms with E-state index in [9.17, 15) is 4.79 Å². The van der Waals surface area contributed by atoms with Crippen molar-refractivity contribution < 1.29 is 9.53 Å². The third-order valence-electron chi connectivity index (χ3n) is 4.07. The third-order valence-corrected chi connectivity index (χ3v) is 4.07. The van der Waals surface area contributed by atoms with E-state index in [2.05, 4.69) is 36.9 Å². The molecular formula is C22H23NO2. The summed E-state index contributed by atoms with van der Waals surface area (Å²) in [6.07, 6.45) is 6.47. The predicted octanol–water partition coefficient (Wildman–Crippen LogP) is 5.06. The molecule has 0 unspecified atom stereocenters. The molecule has 0 saturated carbocycles. The van der Waals surface area contributed by atoms with Crippen molar-refractivity contribution in [3.63, 3.8) is 0 Å². The third kappa shape index (κ3) is 6.27. The molecule has 3 nitrogen and oxygen atoms in total. The van der Waals surface area contributed by atoms with Crippen LogP contribution in [0.4, 0.5) is 0 Å². The zero-order chi connectivity index (χ0) is 17.9. The molecule has 2 rings (SSSR count). The van der Waals surface area contributed by atoms with Gasteiger partial charge in [0.15, 0.2) is 0 Å². The van der Waals surface area contributed by atoms with Gasteiger partial charge >= 0.3 is 5.97 Å². The smallest absolute Gasteiger partial charge is 0.330 e. The Morgan fingerprint density at radius 3 is 2.16 bits per heavy atom. The largest absolute Gasteiger partial charge is 0.463 e. The molecule has 0 radical (unpaired) electrons. The van der Waals surface area contributed by atoms with Crippen LogP contribution >= 0.6 is 0 Å². The summed E-state index contributed by atoms with van der Waals surface area (Å²) < 4.78 is 4.95. The van der Waals surface area contributed by atoms with Gasteiger partial charge in [-0.05, 0) is 48.1 Å². The zero-order valence-electron chi connectivity index (χ0n) is 14.4. The van der Waals surface area contributed by atoms with E-state index in [-0.39, 0.29) is 5.97 Å². The highest BCUT2D eigenvalue weighted by Gasteiger charge is 2.00. The van der Waals surface area contributed by atoms with Gasteiger partial charge in [0.2, 0.25) is 0 Å². The Morgan fingerprint density at radius 1 is 0.960 bits per heavy atom. The van der Waals surface area contributed by atoms with E-state index in [1.165, 1.54) is 11.6 Å². The summed E-state index contributed by atoms with van der Waals surface area (Å²) in [5.41, 5.74) is 4.30. The van der Waals surface area contributed by atoms with Gasteiger partial charge in [0.05, 0.1) is 18.2 Å². The summed E-state index contributed by atoms with van der Waals surface area (Å²) in [4.78, 5) is 10.9. The number of benzene rings is 2. The minimum atomic E-state index is -0.345. The molecule has 0 spiro atoms. The van der Waals surface area contributed by atoms with Crippen LogP contribution in [0.5, 0.6) is 0 Å². The fraction of sp³-hybridized carbons (Fsp3) is 0.273. The molecule has 0 atom stereocenters. The highest BCUT2D eigenvalue weighted by Crippen LogP contribution is 2.21. The standard InChI is InChI=1S/C22H23NO2/c1-2-22(24)25-16-6-4-3-5-7-18-8-12-20(13-9-18)21-14-10-19(17-23)11-15-21/h2,8-15H,1,3-7,16H2. The number of esters is 1. The Morgan fingerprint density at radius 2 is 1.56 bits per heavy atom. The van der Waals surface area contributed by atoms with Gasteiger partial charge < -0.3 is 4.74 Å². The number of nitrogens with zero attached hydrogens (tertiary/aromatic N) is 1. The second kappa shape index (κ2) is 10.1. The van der Waals surface area contributed by atoms with Gasteiger partial charge in [-0.3, -0.25) is 0 Å². The molecule has 3 heteroatoms. The Hall–Kier alpha value is -2.86. The summed E-state index contributed by atoms with van der Waals surface area (Å²) in [6, 6.07) is 18.4. The maximum atomic E-state index is 10.9. The molecule has 0 amide bonds. The molecule has 128 valence electrons. The van der Waals surface area contributed by atoms with Crippen molar-refractivity contribution in [2.24, 2.45) is 0 Å². The molecule has 0 heterocycles.